The van der Waals surface area contributed by atoms with Crippen molar-refractivity contribution < 1.29 is 42.2 Å². The smallest absolute Gasteiger partial charge is 0.337 e. The lowest BCUT2D eigenvalue weighted by molar-refractivity contribution is -0.132. The van der Waals surface area contributed by atoms with Crippen LogP contribution in [0, 0.1) is 0 Å². The molecule has 1 amide bonds. The molecule has 0 spiro atoms. The van der Waals surface area contributed by atoms with E-state index >= 15 is 0 Å². The number of carboxylic acid groups (broad SMARTS) is 1. The lowest BCUT2D eigenvalue weighted by Gasteiger charge is -2.33. The van der Waals surface area contributed by atoms with Gasteiger partial charge in [-0.3, -0.25) is 4.79 Å². The number of aliphatic carboxylic acids is 1. The highest BCUT2D eigenvalue weighted by molar-refractivity contribution is 7.88. The van der Waals surface area contributed by atoms with Crippen molar-refractivity contribution in [3.05, 3.63) is 129 Å². The number of sulfonamides is 1. The number of amides is 1. The summed E-state index contributed by atoms with van der Waals surface area (Å²) >= 11 is 0. The highest BCUT2D eigenvalue weighted by atomic mass is 32.2. The van der Waals surface area contributed by atoms with Gasteiger partial charge in [0, 0.05) is 64.7 Å². The van der Waals surface area contributed by atoms with Crippen molar-refractivity contribution in [1.29, 1.82) is 0 Å². The minimum absolute atomic E-state index is 0.0824. The molecule has 6 aromatic rings. The summed E-state index contributed by atoms with van der Waals surface area (Å²) in [6.45, 7) is 1.91. The number of benzene rings is 4. The van der Waals surface area contributed by atoms with Crippen LogP contribution in [0.4, 0.5) is 0 Å². The number of piperazine rings is 1. The molecule has 0 unspecified atom stereocenters. The van der Waals surface area contributed by atoms with Gasteiger partial charge in [0.15, 0.2) is 0 Å². The molecule has 4 aromatic carbocycles. The zero-order chi connectivity index (χ0) is 49.6. The number of fused-ring (bicyclic) bond motifs is 10. The number of carboxylic acids is 1. The first-order valence-electron chi connectivity index (χ1n) is 24.9. The maximum atomic E-state index is 14.0. The lowest BCUT2D eigenvalue weighted by Crippen LogP contribution is -2.50. The highest BCUT2D eigenvalue weighted by Gasteiger charge is 2.34. The van der Waals surface area contributed by atoms with Crippen LogP contribution in [0.25, 0.3) is 56.5 Å². The second-order valence-electron chi connectivity index (χ2n) is 19.6. The molecule has 5 aliphatic rings. The maximum Gasteiger partial charge on any atom is 0.337 e. The predicted molar refractivity (Wildman–Crippen MR) is 276 cm³/mol. The SMILES string of the molecule is COC(=O)c1ccc2c(C3CCCCC3)c3n(c2c1)CC(C(=O)N1CCN(S(C)(=O)=O)CC1)=Cc1ccccc1-3.COC(=O)c1ccc2c(C3CCCCC3)c3n(c2c1)CC(C(=O)O)=Cc1ccccc1-3. The van der Waals surface area contributed by atoms with E-state index in [9.17, 15) is 32.7 Å². The van der Waals surface area contributed by atoms with Crippen molar-refractivity contribution in [3.63, 3.8) is 0 Å². The molecular formula is C57H60N4O9S. The maximum absolute atomic E-state index is 14.0. The number of carbonyl (C=O) groups is 4. The number of carbonyl (C=O) groups excluding carboxylic acids is 3. The van der Waals surface area contributed by atoms with E-state index in [1.165, 1.54) is 74.4 Å². The Kier molecular flexibility index (Phi) is 13.3. The van der Waals surface area contributed by atoms with Gasteiger partial charge in [0.1, 0.15) is 0 Å². The van der Waals surface area contributed by atoms with Crippen LogP contribution in [-0.4, -0.2) is 102 Å². The number of esters is 2. The predicted octanol–water partition coefficient (Wildman–Crippen LogP) is 10.3. The van der Waals surface area contributed by atoms with Crippen LogP contribution in [0.15, 0.2) is 96.1 Å². The third-order valence-electron chi connectivity index (χ3n) is 15.4. The summed E-state index contributed by atoms with van der Waals surface area (Å²) in [5.74, 6) is -0.948. The minimum Gasteiger partial charge on any atom is -0.478 e. The van der Waals surface area contributed by atoms with Crippen LogP contribution in [-0.2, 0) is 42.2 Å². The van der Waals surface area contributed by atoms with Crippen molar-refractivity contribution in [2.45, 2.75) is 89.1 Å². The molecule has 14 heteroatoms. The van der Waals surface area contributed by atoms with Gasteiger partial charge in [-0.25, -0.2) is 22.8 Å². The molecule has 2 saturated carbocycles. The molecule has 11 rings (SSSR count). The first-order valence-corrected chi connectivity index (χ1v) is 26.8. The Bertz CT molecular complexity index is 3290. The Balaban J connectivity index is 0.000000169. The minimum atomic E-state index is -3.29. The third kappa shape index (κ3) is 9.12. The van der Waals surface area contributed by atoms with Crippen molar-refractivity contribution in [3.8, 4) is 22.5 Å². The Morgan fingerprint density at radius 3 is 1.45 bits per heavy atom. The summed E-state index contributed by atoms with van der Waals surface area (Å²) in [7, 11) is -0.531. The number of hydrogen-bond donors (Lipinski definition) is 1. The van der Waals surface area contributed by atoms with Crippen LogP contribution in [0.1, 0.15) is 119 Å². The van der Waals surface area contributed by atoms with Gasteiger partial charge >= 0.3 is 17.9 Å². The molecule has 3 aliphatic heterocycles. The molecule has 1 N–H and O–H groups in total. The average Bonchev–Trinajstić information content (AvgIpc) is 3.74. The second kappa shape index (κ2) is 19.8. The van der Waals surface area contributed by atoms with Gasteiger partial charge in [-0.1, -0.05) is 99.2 Å². The van der Waals surface area contributed by atoms with Gasteiger partial charge in [0.25, 0.3) is 5.91 Å². The molecule has 2 aliphatic carbocycles. The highest BCUT2D eigenvalue weighted by Crippen LogP contribution is 2.48. The van der Waals surface area contributed by atoms with Gasteiger partial charge in [0.2, 0.25) is 10.0 Å². The number of methoxy groups -OCH3 is 2. The van der Waals surface area contributed by atoms with Crippen molar-refractivity contribution >= 4 is 67.8 Å². The van der Waals surface area contributed by atoms with E-state index in [-0.39, 0.29) is 24.4 Å². The van der Waals surface area contributed by atoms with E-state index in [2.05, 4.69) is 27.3 Å². The molecule has 71 heavy (non-hydrogen) atoms. The summed E-state index contributed by atoms with van der Waals surface area (Å²) < 4.78 is 39.7. The Morgan fingerprint density at radius 2 is 1.01 bits per heavy atom. The summed E-state index contributed by atoms with van der Waals surface area (Å²) in [5, 5.41) is 12.1. The lowest BCUT2D eigenvalue weighted by atomic mass is 9.81. The van der Waals surface area contributed by atoms with Crippen molar-refractivity contribution in [2.24, 2.45) is 0 Å². The van der Waals surface area contributed by atoms with E-state index in [0.29, 0.717) is 66.8 Å². The molecule has 5 heterocycles. The zero-order valence-electron chi connectivity index (χ0n) is 40.6. The number of hydrogen-bond acceptors (Lipinski definition) is 8. The normalized spacial score (nSPS) is 17.5. The Hall–Kier alpha value is -6.77. The van der Waals surface area contributed by atoms with E-state index in [0.717, 1.165) is 81.1 Å². The van der Waals surface area contributed by atoms with Gasteiger partial charge in [-0.15, -0.1) is 0 Å². The molecule has 1 saturated heterocycles. The fraction of sp³-hybridized carbons (Fsp3) is 0.368. The fourth-order valence-corrected chi connectivity index (χ4v) is 12.8. The van der Waals surface area contributed by atoms with Crippen molar-refractivity contribution in [2.75, 3.05) is 46.7 Å². The molecule has 0 atom stereocenters. The first kappa shape index (κ1) is 47.9. The molecule has 368 valence electrons. The molecule has 0 bridgehead atoms. The third-order valence-corrected chi connectivity index (χ3v) is 16.7. The number of rotatable bonds is 7. The largest absolute Gasteiger partial charge is 0.478 e. The summed E-state index contributed by atoms with van der Waals surface area (Å²) in [5.41, 5.74) is 12.6. The summed E-state index contributed by atoms with van der Waals surface area (Å²) in [6, 6.07) is 27.7. The van der Waals surface area contributed by atoms with Crippen LogP contribution >= 0.6 is 0 Å². The van der Waals surface area contributed by atoms with Crippen LogP contribution in [0.2, 0.25) is 0 Å². The number of nitrogens with zero attached hydrogens (tertiary/aromatic N) is 4. The van der Waals surface area contributed by atoms with Gasteiger partial charge in [0.05, 0.1) is 61.7 Å². The van der Waals surface area contributed by atoms with E-state index in [1.807, 2.05) is 72.8 Å². The topological polar surface area (TPSA) is 157 Å². The standard InChI is InChI=1S/C31H35N3O5S.C26H25NO4/c1-39-31(36)23-12-13-26-27(19-23)34-20-24(30(35)32-14-16-33(17-15-32)40(2,37)38)18-22-10-6-7-11-25(22)29(34)28(26)21-8-4-3-5-9-21;1-31-26(30)18-11-12-21-22(14-18)27-15-19(25(28)29)13-17-9-5-6-10-20(17)24(27)23(21)16-7-3-2-4-8-16/h6-7,10-13,18-19,21H,3-5,8-9,14-17,20H2,1-2H3;5-6,9-14,16H,2-4,7-8,15H2,1H3,(H,28,29). The zero-order valence-corrected chi connectivity index (χ0v) is 41.4. The van der Waals surface area contributed by atoms with Gasteiger partial charge in [-0.2, -0.15) is 4.31 Å². The Morgan fingerprint density at radius 1 is 0.577 bits per heavy atom. The van der Waals surface area contributed by atoms with E-state index in [4.69, 9.17) is 9.47 Å². The molecule has 2 aromatic heterocycles. The molecule has 3 fully saturated rings. The van der Waals surface area contributed by atoms with E-state index in [1.54, 1.807) is 11.0 Å². The number of ether oxygens (including phenoxy) is 2. The van der Waals surface area contributed by atoms with Gasteiger partial charge in [-0.05, 0) is 96.2 Å². The second-order valence-corrected chi connectivity index (χ2v) is 21.6. The average molecular weight is 977 g/mol. The summed E-state index contributed by atoms with van der Waals surface area (Å²) in [4.78, 5) is 52.5. The fourth-order valence-electron chi connectivity index (χ4n) is 11.9. The number of aromatic nitrogens is 2. The molecule has 13 nitrogen and oxygen atoms in total. The van der Waals surface area contributed by atoms with Crippen LogP contribution in [0.3, 0.4) is 0 Å². The molecule has 0 radical (unpaired) electrons. The van der Waals surface area contributed by atoms with Gasteiger partial charge < -0.3 is 28.6 Å². The Labute approximate surface area is 414 Å². The first-order chi connectivity index (χ1) is 34.3. The monoisotopic (exact) mass is 976 g/mol. The molecular weight excluding hydrogens is 917 g/mol. The van der Waals surface area contributed by atoms with E-state index < -0.39 is 16.0 Å². The van der Waals surface area contributed by atoms with Crippen molar-refractivity contribution in [1.82, 2.24) is 18.3 Å². The quantitative estimate of drug-likeness (QED) is 0.154. The van der Waals surface area contributed by atoms with Crippen LogP contribution in [0.5, 0.6) is 0 Å². The van der Waals surface area contributed by atoms with Crippen LogP contribution < -0.4 is 0 Å². The summed E-state index contributed by atoms with van der Waals surface area (Å²) in [6.07, 6.45) is 16.8.